The second-order valence-corrected chi connectivity index (χ2v) is 7.07. The fourth-order valence-corrected chi connectivity index (χ4v) is 4.40. The average molecular weight is 331 g/mol. The minimum absolute atomic E-state index is 0.193. The molecule has 0 unspecified atom stereocenters. The second kappa shape index (κ2) is 3.86. The summed E-state index contributed by atoms with van der Waals surface area (Å²) in [6, 6.07) is 3.54. The summed E-state index contributed by atoms with van der Waals surface area (Å²) in [5, 5.41) is 7.43. The molecule has 3 rings (SSSR count). The summed E-state index contributed by atoms with van der Waals surface area (Å²) in [5.41, 5.74) is 7.13. The van der Waals surface area contributed by atoms with Crippen molar-refractivity contribution >= 4 is 48.4 Å². The van der Waals surface area contributed by atoms with Gasteiger partial charge in [0, 0.05) is 16.4 Å². The molecule has 3 N–H and O–H groups in total. The molecule has 8 heteroatoms. The normalized spacial score (nSPS) is 18.6. The lowest BCUT2D eigenvalue weighted by Gasteiger charge is -2.18. The van der Waals surface area contributed by atoms with Crippen LogP contribution in [0.5, 0.6) is 0 Å². The van der Waals surface area contributed by atoms with Crippen LogP contribution in [0.2, 0.25) is 0 Å². The van der Waals surface area contributed by atoms with E-state index in [0.29, 0.717) is 28.9 Å². The van der Waals surface area contributed by atoms with Gasteiger partial charge in [0.05, 0.1) is 17.0 Å². The van der Waals surface area contributed by atoms with Gasteiger partial charge < -0.3 is 5.73 Å². The maximum absolute atomic E-state index is 11.9. The van der Waals surface area contributed by atoms with Crippen LogP contribution in [0.4, 0.5) is 11.5 Å². The molecule has 0 atom stereocenters. The summed E-state index contributed by atoms with van der Waals surface area (Å²) >= 11 is 3.39. The molecule has 1 aliphatic heterocycles. The van der Waals surface area contributed by atoms with Crippen LogP contribution in [0.1, 0.15) is 6.42 Å². The number of rotatable bonds is 1. The Morgan fingerprint density at radius 3 is 2.89 bits per heavy atom. The lowest BCUT2D eigenvalue weighted by atomic mass is 10.2. The highest BCUT2D eigenvalue weighted by atomic mass is 79.9. The molecule has 96 valence electrons. The van der Waals surface area contributed by atoms with Crippen LogP contribution in [0.3, 0.4) is 0 Å². The zero-order valence-corrected chi connectivity index (χ0v) is 11.8. The van der Waals surface area contributed by atoms with Gasteiger partial charge in [-0.15, -0.1) is 0 Å². The van der Waals surface area contributed by atoms with Crippen LogP contribution in [0.25, 0.3) is 10.9 Å². The van der Waals surface area contributed by atoms with Crippen molar-refractivity contribution in [3.05, 3.63) is 16.6 Å². The number of nitrogen functional groups attached to an aromatic ring is 1. The second-order valence-electron chi connectivity index (χ2n) is 4.20. The van der Waals surface area contributed by atoms with Crippen molar-refractivity contribution in [2.45, 2.75) is 6.42 Å². The van der Waals surface area contributed by atoms with Gasteiger partial charge in [0.2, 0.25) is 10.0 Å². The zero-order chi connectivity index (χ0) is 12.9. The first-order valence-corrected chi connectivity index (χ1v) is 7.83. The lowest BCUT2D eigenvalue weighted by molar-refractivity contribution is 0.599. The Balaban J connectivity index is 2.22. The Morgan fingerprint density at radius 1 is 1.44 bits per heavy atom. The number of hydrogen-bond acceptors (Lipinski definition) is 4. The van der Waals surface area contributed by atoms with Gasteiger partial charge in [-0.25, -0.2) is 8.42 Å². The van der Waals surface area contributed by atoms with Crippen molar-refractivity contribution in [3.63, 3.8) is 0 Å². The molecule has 0 aliphatic carbocycles. The molecule has 0 saturated carbocycles. The fourth-order valence-electron chi connectivity index (χ4n) is 2.15. The Bertz CT molecular complexity index is 725. The number of aromatic nitrogens is 2. The number of fused-ring (bicyclic) bond motifs is 1. The van der Waals surface area contributed by atoms with Crippen LogP contribution in [-0.4, -0.2) is 30.9 Å². The Hall–Kier alpha value is -1.28. The van der Waals surface area contributed by atoms with E-state index in [2.05, 4.69) is 26.1 Å². The van der Waals surface area contributed by atoms with Crippen LogP contribution < -0.4 is 10.0 Å². The largest absolute Gasteiger partial charge is 0.382 e. The highest BCUT2D eigenvalue weighted by Gasteiger charge is 2.30. The molecule has 2 heterocycles. The first kappa shape index (κ1) is 11.8. The number of nitrogens with zero attached hydrogens (tertiary/aromatic N) is 2. The minimum atomic E-state index is -3.20. The molecular formula is C10H11BrN4O2S. The maximum Gasteiger partial charge on any atom is 0.235 e. The number of aromatic amines is 1. The molecule has 0 amide bonds. The van der Waals surface area contributed by atoms with E-state index < -0.39 is 10.0 Å². The quantitative estimate of drug-likeness (QED) is 0.827. The first-order valence-electron chi connectivity index (χ1n) is 5.42. The molecule has 18 heavy (non-hydrogen) atoms. The predicted octanol–water partition coefficient (Wildman–Crippen LogP) is 1.45. The molecule has 1 fully saturated rings. The van der Waals surface area contributed by atoms with Crippen LogP contribution >= 0.6 is 15.9 Å². The smallest absolute Gasteiger partial charge is 0.235 e. The highest BCUT2D eigenvalue weighted by Crippen LogP contribution is 2.35. The third-order valence-corrected chi connectivity index (χ3v) is 5.52. The van der Waals surface area contributed by atoms with Gasteiger partial charge in [-0.05, 0) is 34.5 Å². The highest BCUT2D eigenvalue weighted by molar-refractivity contribution is 9.10. The van der Waals surface area contributed by atoms with Crippen molar-refractivity contribution in [2.75, 3.05) is 22.3 Å². The Morgan fingerprint density at radius 2 is 2.22 bits per heavy atom. The summed E-state index contributed by atoms with van der Waals surface area (Å²) in [6.07, 6.45) is 0.647. The zero-order valence-electron chi connectivity index (χ0n) is 9.35. The third-order valence-electron chi connectivity index (χ3n) is 3.03. The van der Waals surface area contributed by atoms with Crippen molar-refractivity contribution in [1.82, 2.24) is 10.2 Å². The van der Waals surface area contributed by atoms with E-state index in [4.69, 9.17) is 5.73 Å². The summed E-state index contributed by atoms with van der Waals surface area (Å²) < 4.78 is 26.0. The van der Waals surface area contributed by atoms with Crippen molar-refractivity contribution < 1.29 is 8.42 Å². The first-order chi connectivity index (χ1) is 8.49. The maximum atomic E-state index is 11.9. The van der Waals surface area contributed by atoms with Gasteiger partial charge in [0.25, 0.3) is 0 Å². The van der Waals surface area contributed by atoms with Crippen molar-refractivity contribution in [1.29, 1.82) is 0 Å². The molecule has 2 aromatic rings. The Kier molecular flexibility index (Phi) is 2.53. The number of hydrogen-bond donors (Lipinski definition) is 2. The van der Waals surface area contributed by atoms with Gasteiger partial charge in [-0.2, -0.15) is 5.10 Å². The molecule has 0 radical (unpaired) electrons. The number of H-pyrrole nitrogens is 1. The number of sulfonamides is 1. The van der Waals surface area contributed by atoms with Gasteiger partial charge >= 0.3 is 0 Å². The van der Waals surface area contributed by atoms with Crippen molar-refractivity contribution in [3.8, 4) is 0 Å². The fraction of sp³-hybridized carbons (Fsp3) is 0.300. The average Bonchev–Trinajstić information content (AvgIpc) is 2.82. The Labute approximate surface area is 112 Å². The summed E-state index contributed by atoms with van der Waals surface area (Å²) in [6.45, 7) is 0.504. The van der Waals surface area contributed by atoms with Crippen molar-refractivity contribution in [2.24, 2.45) is 0 Å². The molecule has 1 aromatic heterocycles. The summed E-state index contributed by atoms with van der Waals surface area (Å²) in [4.78, 5) is 0. The van der Waals surface area contributed by atoms with E-state index in [9.17, 15) is 8.42 Å². The number of halogens is 1. The third kappa shape index (κ3) is 1.67. The van der Waals surface area contributed by atoms with Crippen LogP contribution in [-0.2, 0) is 10.0 Å². The van der Waals surface area contributed by atoms with E-state index in [1.165, 1.54) is 4.31 Å². The predicted molar refractivity (Wildman–Crippen MR) is 74.0 cm³/mol. The van der Waals surface area contributed by atoms with E-state index in [1.54, 1.807) is 12.1 Å². The number of nitrogens with one attached hydrogen (secondary N) is 1. The van der Waals surface area contributed by atoms with Gasteiger partial charge in [0.15, 0.2) is 5.82 Å². The number of anilines is 2. The molecule has 1 aromatic carbocycles. The summed E-state index contributed by atoms with van der Waals surface area (Å²) in [5.74, 6) is 0.563. The monoisotopic (exact) mass is 330 g/mol. The molecular weight excluding hydrogens is 320 g/mol. The van der Waals surface area contributed by atoms with Crippen LogP contribution in [0.15, 0.2) is 16.6 Å². The van der Waals surface area contributed by atoms with E-state index in [0.717, 1.165) is 10.9 Å². The van der Waals surface area contributed by atoms with Crippen LogP contribution in [0, 0.1) is 0 Å². The van der Waals surface area contributed by atoms with E-state index in [1.807, 2.05) is 0 Å². The van der Waals surface area contributed by atoms with Gasteiger partial charge in [-0.1, -0.05) is 0 Å². The molecule has 0 spiro atoms. The topological polar surface area (TPSA) is 92.1 Å². The summed E-state index contributed by atoms with van der Waals surface area (Å²) in [7, 11) is -3.20. The standard InChI is InChI=1S/C10H11BrN4O2S/c11-7-5-8-6(10(12)14-13-8)4-9(7)15-2-1-3-18(15,16)17/h4-5H,1-3H2,(H3,12,13,14). The minimum Gasteiger partial charge on any atom is -0.382 e. The molecule has 0 bridgehead atoms. The molecule has 6 nitrogen and oxygen atoms in total. The van der Waals surface area contributed by atoms with E-state index >= 15 is 0 Å². The van der Waals surface area contributed by atoms with E-state index in [-0.39, 0.29) is 5.75 Å². The molecule has 1 aliphatic rings. The lowest BCUT2D eigenvalue weighted by Crippen LogP contribution is -2.25. The SMILES string of the molecule is Nc1n[nH]c2cc(Br)c(N3CCCS3(=O)=O)cc12. The number of nitrogens with two attached hydrogens (primary N) is 1. The number of benzene rings is 1. The van der Waals surface area contributed by atoms with Gasteiger partial charge in [-0.3, -0.25) is 9.40 Å². The molecule has 1 saturated heterocycles. The van der Waals surface area contributed by atoms with Gasteiger partial charge in [0.1, 0.15) is 0 Å².